The van der Waals surface area contributed by atoms with Crippen LogP contribution in [0.5, 0.6) is 5.75 Å². The summed E-state index contributed by atoms with van der Waals surface area (Å²) in [5.41, 5.74) is 1.62. The lowest BCUT2D eigenvalue weighted by Crippen LogP contribution is -2.30. The van der Waals surface area contributed by atoms with Crippen LogP contribution in [0.3, 0.4) is 0 Å². The largest absolute Gasteiger partial charge is 0.487 e. The fourth-order valence-corrected chi connectivity index (χ4v) is 2.77. The van der Waals surface area contributed by atoms with E-state index in [9.17, 15) is 4.79 Å². The summed E-state index contributed by atoms with van der Waals surface area (Å²) in [5.74, 6) is 0.438. The predicted molar refractivity (Wildman–Crippen MR) is 92.2 cm³/mol. The van der Waals surface area contributed by atoms with Gasteiger partial charge in [0.1, 0.15) is 12.4 Å². The lowest BCUT2D eigenvalue weighted by molar-refractivity contribution is -0.123. The number of benzene rings is 1. The number of hydrogen-bond acceptors (Lipinski definition) is 4. The molecule has 1 atom stereocenters. The van der Waals surface area contributed by atoms with E-state index in [0.29, 0.717) is 29.7 Å². The highest BCUT2D eigenvalue weighted by atomic mass is 35.5. The fraction of sp³-hybridized carbons (Fsp3) is 0.333. The Kier molecular flexibility index (Phi) is 5.67. The summed E-state index contributed by atoms with van der Waals surface area (Å²) in [4.78, 5) is 16.2. The Morgan fingerprint density at radius 1 is 1.42 bits per heavy atom. The Bertz CT molecular complexity index is 688. The number of ether oxygens (including phenoxy) is 2. The van der Waals surface area contributed by atoms with Crippen molar-refractivity contribution < 1.29 is 14.3 Å². The number of nitrogens with zero attached hydrogens (tertiary/aromatic N) is 1. The molecule has 126 valence electrons. The van der Waals surface area contributed by atoms with E-state index in [2.05, 4.69) is 10.3 Å². The molecule has 0 aliphatic carbocycles. The molecule has 6 heteroatoms. The molecule has 5 nitrogen and oxygen atoms in total. The second kappa shape index (κ2) is 8.13. The molecule has 1 saturated heterocycles. The molecule has 3 rings (SSSR count). The maximum atomic E-state index is 12.2. The minimum atomic E-state index is -0.0981. The monoisotopic (exact) mass is 346 g/mol. The van der Waals surface area contributed by atoms with Gasteiger partial charge in [0, 0.05) is 30.3 Å². The SMILES string of the molecule is O=C(Nc1ccc(OCc2cccnc2)c(Cl)c1)[C@H]1CCCOC1. The van der Waals surface area contributed by atoms with Gasteiger partial charge in [0.05, 0.1) is 17.5 Å². The summed E-state index contributed by atoms with van der Waals surface area (Å²) >= 11 is 6.25. The minimum absolute atomic E-state index is 0.0326. The van der Waals surface area contributed by atoms with Gasteiger partial charge in [0.15, 0.2) is 0 Å². The maximum absolute atomic E-state index is 12.2. The van der Waals surface area contributed by atoms with Gasteiger partial charge in [-0.2, -0.15) is 0 Å². The van der Waals surface area contributed by atoms with E-state index >= 15 is 0 Å². The molecular formula is C18H19ClN2O3. The Hall–Kier alpha value is -2.11. The van der Waals surface area contributed by atoms with Gasteiger partial charge >= 0.3 is 0 Å². The lowest BCUT2D eigenvalue weighted by atomic mass is 10.0. The van der Waals surface area contributed by atoms with E-state index in [1.165, 1.54) is 0 Å². The van der Waals surface area contributed by atoms with Crippen molar-refractivity contribution in [3.05, 3.63) is 53.3 Å². The van der Waals surface area contributed by atoms with Crippen molar-refractivity contribution in [2.75, 3.05) is 18.5 Å². The molecule has 0 radical (unpaired) electrons. The molecule has 1 N–H and O–H groups in total. The van der Waals surface area contributed by atoms with Crippen molar-refractivity contribution in [3.8, 4) is 5.75 Å². The van der Waals surface area contributed by atoms with Gasteiger partial charge in [0.25, 0.3) is 0 Å². The summed E-state index contributed by atoms with van der Waals surface area (Å²) in [6.07, 6.45) is 5.23. The second-order valence-corrected chi connectivity index (χ2v) is 6.11. The summed E-state index contributed by atoms with van der Waals surface area (Å²) in [7, 11) is 0. The summed E-state index contributed by atoms with van der Waals surface area (Å²) in [6.45, 7) is 1.60. The van der Waals surface area contributed by atoms with Crippen molar-refractivity contribution in [1.82, 2.24) is 4.98 Å². The van der Waals surface area contributed by atoms with Crippen molar-refractivity contribution in [3.63, 3.8) is 0 Å². The zero-order valence-electron chi connectivity index (χ0n) is 13.2. The van der Waals surface area contributed by atoms with Crippen LogP contribution in [0.1, 0.15) is 18.4 Å². The van der Waals surface area contributed by atoms with E-state index < -0.39 is 0 Å². The number of amides is 1. The summed E-state index contributed by atoms with van der Waals surface area (Å²) in [5, 5.41) is 3.34. The molecule has 2 aromatic rings. The molecule has 0 saturated carbocycles. The van der Waals surface area contributed by atoms with Gasteiger partial charge in [-0.15, -0.1) is 0 Å². The molecule has 2 heterocycles. The molecule has 1 aliphatic rings. The van der Waals surface area contributed by atoms with E-state index in [1.54, 1.807) is 30.6 Å². The number of anilines is 1. The first-order chi connectivity index (χ1) is 11.7. The number of carbonyl (C=O) groups is 1. The van der Waals surface area contributed by atoms with Gasteiger partial charge < -0.3 is 14.8 Å². The van der Waals surface area contributed by atoms with Gasteiger partial charge in [-0.25, -0.2) is 0 Å². The topological polar surface area (TPSA) is 60.5 Å². The average Bonchev–Trinajstić information content (AvgIpc) is 2.62. The van der Waals surface area contributed by atoms with E-state index in [4.69, 9.17) is 21.1 Å². The molecule has 0 unspecified atom stereocenters. The van der Waals surface area contributed by atoms with Gasteiger partial charge in [0.2, 0.25) is 5.91 Å². The Labute approximate surface area is 145 Å². The van der Waals surface area contributed by atoms with Crippen molar-refractivity contribution >= 4 is 23.2 Å². The third-order valence-electron chi connectivity index (χ3n) is 3.85. The van der Waals surface area contributed by atoms with Crippen LogP contribution in [0, 0.1) is 5.92 Å². The third kappa shape index (κ3) is 4.46. The number of carbonyl (C=O) groups excluding carboxylic acids is 1. The van der Waals surface area contributed by atoms with Gasteiger partial charge in [-0.3, -0.25) is 9.78 Å². The minimum Gasteiger partial charge on any atom is -0.487 e. The smallest absolute Gasteiger partial charge is 0.229 e. The van der Waals surface area contributed by atoms with Crippen molar-refractivity contribution in [2.24, 2.45) is 5.92 Å². The maximum Gasteiger partial charge on any atom is 0.229 e. The van der Waals surface area contributed by atoms with Crippen LogP contribution in [0.2, 0.25) is 5.02 Å². The molecule has 1 aromatic carbocycles. The number of nitrogens with one attached hydrogen (secondary N) is 1. The standard InChI is InChI=1S/C18H19ClN2O3/c19-16-9-15(21-18(22)14-4-2-8-23-12-14)5-6-17(16)24-11-13-3-1-7-20-10-13/h1,3,5-7,9-10,14H,2,4,8,11-12H2,(H,21,22)/t14-/m0/s1. The first-order valence-corrected chi connectivity index (χ1v) is 8.30. The zero-order valence-corrected chi connectivity index (χ0v) is 14.0. The Balaban J connectivity index is 1.58. The molecule has 1 aliphatic heterocycles. The molecule has 1 amide bonds. The normalized spacial score (nSPS) is 17.3. The Morgan fingerprint density at radius 2 is 2.33 bits per heavy atom. The van der Waals surface area contributed by atoms with Gasteiger partial charge in [-0.1, -0.05) is 17.7 Å². The predicted octanol–water partition coefficient (Wildman–Crippen LogP) is 3.68. The lowest BCUT2D eigenvalue weighted by Gasteiger charge is -2.21. The van der Waals surface area contributed by atoms with E-state index in [-0.39, 0.29) is 11.8 Å². The molecule has 0 bridgehead atoms. The van der Waals surface area contributed by atoms with Crippen molar-refractivity contribution in [1.29, 1.82) is 0 Å². The second-order valence-electron chi connectivity index (χ2n) is 5.70. The quantitative estimate of drug-likeness (QED) is 0.897. The van der Waals surface area contributed by atoms with Crippen LogP contribution in [0.15, 0.2) is 42.7 Å². The number of hydrogen-bond donors (Lipinski definition) is 1. The average molecular weight is 347 g/mol. The highest BCUT2D eigenvalue weighted by Crippen LogP contribution is 2.29. The number of rotatable bonds is 5. The highest BCUT2D eigenvalue weighted by molar-refractivity contribution is 6.32. The zero-order chi connectivity index (χ0) is 16.8. The van der Waals surface area contributed by atoms with Crippen LogP contribution in [-0.2, 0) is 16.1 Å². The molecular weight excluding hydrogens is 328 g/mol. The van der Waals surface area contributed by atoms with E-state index in [0.717, 1.165) is 25.0 Å². The highest BCUT2D eigenvalue weighted by Gasteiger charge is 2.21. The fourth-order valence-electron chi connectivity index (χ4n) is 2.53. The van der Waals surface area contributed by atoms with Crippen LogP contribution in [0.25, 0.3) is 0 Å². The Morgan fingerprint density at radius 3 is 3.04 bits per heavy atom. The van der Waals surface area contributed by atoms with Gasteiger partial charge in [-0.05, 0) is 37.1 Å². The summed E-state index contributed by atoms with van der Waals surface area (Å²) in [6, 6.07) is 9.02. The number of aromatic nitrogens is 1. The molecule has 24 heavy (non-hydrogen) atoms. The van der Waals surface area contributed by atoms with Crippen LogP contribution in [0.4, 0.5) is 5.69 Å². The molecule has 1 aromatic heterocycles. The third-order valence-corrected chi connectivity index (χ3v) is 4.14. The van der Waals surface area contributed by atoms with Crippen LogP contribution >= 0.6 is 11.6 Å². The van der Waals surface area contributed by atoms with Crippen molar-refractivity contribution in [2.45, 2.75) is 19.4 Å². The van der Waals surface area contributed by atoms with Crippen LogP contribution < -0.4 is 10.1 Å². The number of halogens is 1. The molecule has 1 fully saturated rings. The first kappa shape index (κ1) is 16.7. The van der Waals surface area contributed by atoms with Crippen LogP contribution in [-0.4, -0.2) is 24.1 Å². The van der Waals surface area contributed by atoms with E-state index in [1.807, 2.05) is 12.1 Å². The summed E-state index contributed by atoms with van der Waals surface area (Å²) < 4.78 is 11.0. The molecule has 0 spiro atoms. The number of pyridine rings is 1. The first-order valence-electron chi connectivity index (χ1n) is 7.92.